The lowest BCUT2D eigenvalue weighted by Gasteiger charge is -2.32. The van der Waals surface area contributed by atoms with E-state index in [1.54, 1.807) is 12.1 Å². The van der Waals surface area contributed by atoms with Crippen molar-refractivity contribution in [3.8, 4) is 5.75 Å². The number of Topliss-reactive ketones (excluding diaryl/α,β-unsaturated/α-hetero) is 1. The molecular weight excluding hydrogens is 418 g/mol. The predicted octanol–water partition coefficient (Wildman–Crippen LogP) is 4.38. The van der Waals surface area contributed by atoms with Gasteiger partial charge in [0.15, 0.2) is 5.78 Å². The van der Waals surface area contributed by atoms with Gasteiger partial charge in [-0.3, -0.25) is 4.79 Å². The van der Waals surface area contributed by atoms with E-state index in [0.29, 0.717) is 48.0 Å². The number of ether oxygens (including phenoxy) is 3. The maximum atomic E-state index is 12.7. The average Bonchev–Trinajstić information content (AvgIpc) is 2.78. The van der Waals surface area contributed by atoms with Crippen LogP contribution in [0.4, 0.5) is 0 Å². The Morgan fingerprint density at radius 1 is 1.16 bits per heavy atom. The van der Waals surface area contributed by atoms with E-state index in [4.69, 9.17) is 31.5 Å². The van der Waals surface area contributed by atoms with Gasteiger partial charge in [0, 0.05) is 29.0 Å². The van der Waals surface area contributed by atoms with Crippen LogP contribution >= 0.6 is 11.6 Å². The van der Waals surface area contributed by atoms with Crippen LogP contribution < -0.4 is 10.5 Å². The van der Waals surface area contributed by atoms with Gasteiger partial charge in [0.05, 0.1) is 13.0 Å². The number of hydrogen-bond acceptors (Lipinski definition) is 6. The standard InChI is InChI=1S/C24H22ClNO5/c1-29-24(28)22-20(21-18(27)7-4-8-19(21)31-23(22)26)14-9-11-16(12-10-14)30-13-15-5-2-3-6-17(15)25/h2-3,5-6,9-12,20H,4,7-8,13,26H2,1H3. The quantitative estimate of drug-likeness (QED) is 0.695. The van der Waals surface area contributed by atoms with Crippen LogP contribution in [0, 0.1) is 0 Å². The fourth-order valence-corrected chi connectivity index (χ4v) is 4.12. The molecular formula is C24H22ClNO5. The highest BCUT2D eigenvalue weighted by Gasteiger charge is 2.41. The molecule has 0 saturated heterocycles. The molecule has 160 valence electrons. The molecule has 1 heterocycles. The van der Waals surface area contributed by atoms with Crippen molar-refractivity contribution in [3.63, 3.8) is 0 Å². The number of allylic oxidation sites excluding steroid dienone is 2. The molecule has 2 aliphatic rings. The number of carbonyl (C=O) groups excluding carboxylic acids is 2. The van der Waals surface area contributed by atoms with Gasteiger partial charge in [-0.05, 0) is 30.2 Å². The Morgan fingerprint density at radius 3 is 2.61 bits per heavy atom. The number of carbonyl (C=O) groups is 2. The van der Waals surface area contributed by atoms with Crippen molar-refractivity contribution in [3.05, 3.63) is 87.5 Å². The second-order valence-corrected chi connectivity index (χ2v) is 7.77. The molecule has 0 aromatic heterocycles. The summed E-state index contributed by atoms with van der Waals surface area (Å²) >= 11 is 6.18. The van der Waals surface area contributed by atoms with Gasteiger partial charge in [-0.2, -0.15) is 0 Å². The summed E-state index contributed by atoms with van der Waals surface area (Å²) in [7, 11) is 1.28. The van der Waals surface area contributed by atoms with Gasteiger partial charge in [-0.25, -0.2) is 4.79 Å². The molecule has 2 aromatic rings. The van der Waals surface area contributed by atoms with E-state index in [1.807, 2.05) is 36.4 Å². The average molecular weight is 440 g/mol. The van der Waals surface area contributed by atoms with E-state index in [1.165, 1.54) is 7.11 Å². The minimum atomic E-state index is -0.637. The van der Waals surface area contributed by atoms with E-state index < -0.39 is 11.9 Å². The normalized spacial score (nSPS) is 18.4. The number of halogens is 1. The monoisotopic (exact) mass is 439 g/mol. The SMILES string of the molecule is COC(=O)C1=C(N)OC2=C(C(=O)CCC2)C1c1ccc(OCc2ccccc2Cl)cc1. The molecule has 0 saturated carbocycles. The summed E-state index contributed by atoms with van der Waals surface area (Å²) in [6, 6.07) is 14.7. The third kappa shape index (κ3) is 4.16. The van der Waals surface area contributed by atoms with Gasteiger partial charge < -0.3 is 19.9 Å². The molecule has 7 heteroatoms. The molecule has 0 radical (unpaired) electrons. The Labute approximate surface area is 185 Å². The van der Waals surface area contributed by atoms with Gasteiger partial charge in [0.2, 0.25) is 5.88 Å². The summed E-state index contributed by atoms with van der Waals surface area (Å²) in [4.78, 5) is 25.2. The molecule has 2 N–H and O–H groups in total. The van der Waals surface area contributed by atoms with Crippen LogP contribution in [0.25, 0.3) is 0 Å². The van der Waals surface area contributed by atoms with Gasteiger partial charge >= 0.3 is 5.97 Å². The Kier molecular flexibility index (Phi) is 6.00. The number of rotatable bonds is 5. The smallest absolute Gasteiger partial charge is 0.340 e. The van der Waals surface area contributed by atoms with Crippen molar-refractivity contribution in [1.82, 2.24) is 0 Å². The van der Waals surface area contributed by atoms with Crippen LogP contribution in [0.1, 0.15) is 36.3 Å². The zero-order valence-electron chi connectivity index (χ0n) is 17.0. The maximum Gasteiger partial charge on any atom is 0.340 e. The van der Waals surface area contributed by atoms with Gasteiger partial charge in [-0.1, -0.05) is 41.9 Å². The summed E-state index contributed by atoms with van der Waals surface area (Å²) in [6.45, 7) is 0.324. The summed E-state index contributed by atoms with van der Waals surface area (Å²) in [5.41, 5.74) is 8.30. The molecule has 1 aliphatic carbocycles. The maximum absolute atomic E-state index is 12.7. The molecule has 1 aliphatic heterocycles. The first-order valence-corrected chi connectivity index (χ1v) is 10.4. The molecule has 0 amide bonds. The highest BCUT2D eigenvalue weighted by atomic mass is 35.5. The van der Waals surface area contributed by atoms with E-state index in [9.17, 15) is 9.59 Å². The summed E-state index contributed by atoms with van der Waals surface area (Å²) < 4.78 is 16.4. The van der Waals surface area contributed by atoms with Crippen LogP contribution in [0.5, 0.6) is 5.75 Å². The van der Waals surface area contributed by atoms with Gasteiger partial charge in [0.1, 0.15) is 23.7 Å². The lowest BCUT2D eigenvalue weighted by atomic mass is 9.77. The van der Waals surface area contributed by atoms with Crippen LogP contribution in [0.2, 0.25) is 5.02 Å². The molecule has 1 unspecified atom stereocenters. The van der Waals surface area contributed by atoms with Crippen molar-refractivity contribution in [2.45, 2.75) is 31.8 Å². The molecule has 2 aromatic carbocycles. The Bertz CT molecular complexity index is 1090. The third-order valence-electron chi connectivity index (χ3n) is 5.46. The summed E-state index contributed by atoms with van der Waals surface area (Å²) in [5.74, 6) is -0.154. The second kappa shape index (κ2) is 8.86. The molecule has 0 fully saturated rings. The van der Waals surface area contributed by atoms with E-state index in [2.05, 4.69) is 0 Å². The molecule has 6 nitrogen and oxygen atoms in total. The highest BCUT2D eigenvalue weighted by Crippen LogP contribution is 2.44. The number of benzene rings is 2. The van der Waals surface area contributed by atoms with Crippen molar-refractivity contribution in [1.29, 1.82) is 0 Å². The number of ketones is 1. The van der Waals surface area contributed by atoms with Crippen LogP contribution in [-0.4, -0.2) is 18.9 Å². The van der Waals surface area contributed by atoms with Crippen LogP contribution in [-0.2, 0) is 25.7 Å². The first-order valence-electron chi connectivity index (χ1n) is 9.97. The van der Waals surface area contributed by atoms with Gasteiger partial charge in [0.25, 0.3) is 0 Å². The first kappa shape index (κ1) is 21.0. The van der Waals surface area contributed by atoms with Gasteiger partial charge in [-0.15, -0.1) is 0 Å². The van der Waals surface area contributed by atoms with Crippen molar-refractivity contribution < 1.29 is 23.8 Å². The van der Waals surface area contributed by atoms with E-state index >= 15 is 0 Å². The van der Waals surface area contributed by atoms with Crippen LogP contribution in [0.3, 0.4) is 0 Å². The second-order valence-electron chi connectivity index (χ2n) is 7.37. The zero-order chi connectivity index (χ0) is 22.0. The molecule has 0 bridgehead atoms. The number of esters is 1. The largest absolute Gasteiger partial charge is 0.489 e. The lowest BCUT2D eigenvalue weighted by Crippen LogP contribution is -2.31. The fourth-order valence-electron chi connectivity index (χ4n) is 3.93. The molecule has 31 heavy (non-hydrogen) atoms. The van der Waals surface area contributed by atoms with Crippen molar-refractivity contribution in [2.24, 2.45) is 5.73 Å². The minimum Gasteiger partial charge on any atom is -0.489 e. The fraction of sp³-hybridized carbons (Fsp3) is 0.250. The lowest BCUT2D eigenvalue weighted by molar-refractivity contribution is -0.136. The summed E-state index contributed by atoms with van der Waals surface area (Å²) in [6.07, 6.45) is 1.71. The predicted molar refractivity (Wildman–Crippen MR) is 115 cm³/mol. The molecule has 0 spiro atoms. The topological polar surface area (TPSA) is 87.9 Å². The summed E-state index contributed by atoms with van der Waals surface area (Å²) in [5, 5.41) is 0.639. The van der Waals surface area contributed by atoms with Crippen LogP contribution in [0.15, 0.2) is 71.3 Å². The zero-order valence-corrected chi connectivity index (χ0v) is 17.8. The Hall–Kier alpha value is -3.25. The number of methoxy groups -OCH3 is 1. The first-order chi connectivity index (χ1) is 15.0. The number of nitrogens with two attached hydrogens (primary N) is 1. The molecule has 4 rings (SSSR count). The minimum absolute atomic E-state index is 0.0238. The Morgan fingerprint density at radius 2 is 1.90 bits per heavy atom. The van der Waals surface area contributed by atoms with Crippen molar-refractivity contribution in [2.75, 3.05) is 7.11 Å². The molecule has 1 atom stereocenters. The van der Waals surface area contributed by atoms with Crippen molar-refractivity contribution >= 4 is 23.4 Å². The highest BCUT2D eigenvalue weighted by molar-refractivity contribution is 6.31. The third-order valence-corrected chi connectivity index (χ3v) is 5.82. The Balaban J connectivity index is 1.64. The number of hydrogen-bond donors (Lipinski definition) is 1. The van der Waals surface area contributed by atoms with E-state index in [-0.39, 0.29) is 17.2 Å². The van der Waals surface area contributed by atoms with E-state index in [0.717, 1.165) is 11.1 Å².